The molecule has 1 aliphatic rings. The third-order valence-electron chi connectivity index (χ3n) is 4.27. The molecule has 1 aliphatic heterocycles. The first-order chi connectivity index (χ1) is 12.6. The lowest BCUT2D eigenvalue weighted by Gasteiger charge is -2.23. The first-order valence-electron chi connectivity index (χ1n) is 8.08. The summed E-state index contributed by atoms with van der Waals surface area (Å²) in [6, 6.07) is 13.3. The van der Waals surface area contributed by atoms with Gasteiger partial charge in [0.15, 0.2) is 0 Å². The molecule has 2 aromatic carbocycles. The molecule has 1 N–H and O–H groups in total. The van der Waals surface area contributed by atoms with Crippen molar-refractivity contribution in [3.63, 3.8) is 0 Å². The van der Waals surface area contributed by atoms with Gasteiger partial charge in [-0.15, -0.1) is 11.8 Å². The zero-order chi connectivity index (χ0) is 18.1. The van der Waals surface area contributed by atoms with E-state index in [0.717, 1.165) is 11.3 Å². The van der Waals surface area contributed by atoms with Gasteiger partial charge in [-0.3, -0.25) is 4.79 Å². The van der Waals surface area contributed by atoms with Crippen LogP contribution in [0, 0.1) is 11.6 Å². The highest BCUT2D eigenvalue weighted by atomic mass is 32.2. The minimum Gasteiger partial charge on any atom is -0.339 e. The number of imidazole rings is 1. The summed E-state index contributed by atoms with van der Waals surface area (Å²) < 4.78 is 28.0. The molecule has 26 heavy (non-hydrogen) atoms. The Morgan fingerprint density at radius 2 is 1.85 bits per heavy atom. The number of hydrogen-bond donors (Lipinski definition) is 1. The monoisotopic (exact) mass is 371 g/mol. The van der Waals surface area contributed by atoms with Crippen LogP contribution >= 0.6 is 11.8 Å². The number of halogens is 2. The van der Waals surface area contributed by atoms with E-state index in [1.807, 2.05) is 30.3 Å². The molecule has 1 atom stereocenters. The lowest BCUT2D eigenvalue weighted by Crippen LogP contribution is -2.28. The Bertz CT molecular complexity index is 925. The molecule has 0 bridgehead atoms. The van der Waals surface area contributed by atoms with Crippen LogP contribution in [0.15, 0.2) is 54.7 Å². The van der Waals surface area contributed by atoms with Gasteiger partial charge in [-0.25, -0.2) is 13.8 Å². The van der Waals surface area contributed by atoms with Crippen molar-refractivity contribution in [2.45, 2.75) is 11.9 Å². The molecule has 0 saturated carbocycles. The quantitative estimate of drug-likeness (QED) is 0.750. The van der Waals surface area contributed by atoms with Crippen LogP contribution in [0.4, 0.5) is 8.78 Å². The molecule has 1 aromatic heterocycles. The predicted molar refractivity (Wildman–Crippen MR) is 96.1 cm³/mol. The van der Waals surface area contributed by atoms with Gasteiger partial charge in [-0.1, -0.05) is 36.4 Å². The Kier molecular flexibility index (Phi) is 4.46. The summed E-state index contributed by atoms with van der Waals surface area (Å²) in [4.78, 5) is 21.4. The van der Waals surface area contributed by atoms with Gasteiger partial charge in [0.1, 0.15) is 22.8 Å². The number of rotatable bonds is 4. The number of nitrogens with one attached hydrogen (secondary N) is 1. The number of carbonyl (C=O) groups is 1. The molecule has 1 unspecified atom stereocenters. The van der Waals surface area contributed by atoms with Crippen LogP contribution in [0.1, 0.15) is 16.6 Å². The van der Waals surface area contributed by atoms with Gasteiger partial charge in [0.25, 0.3) is 0 Å². The topological polar surface area (TPSA) is 49.0 Å². The van der Waals surface area contributed by atoms with E-state index < -0.39 is 11.6 Å². The molecule has 0 radical (unpaired) electrons. The van der Waals surface area contributed by atoms with Crippen molar-refractivity contribution in [1.29, 1.82) is 0 Å². The fourth-order valence-corrected chi connectivity index (χ4v) is 4.08. The van der Waals surface area contributed by atoms with Gasteiger partial charge >= 0.3 is 0 Å². The van der Waals surface area contributed by atoms with Gasteiger partial charge in [0.05, 0.1) is 24.2 Å². The van der Waals surface area contributed by atoms with Gasteiger partial charge < -0.3 is 9.88 Å². The molecule has 4 nitrogen and oxygen atoms in total. The maximum absolute atomic E-state index is 14.0. The number of aromatic nitrogens is 2. The largest absolute Gasteiger partial charge is 0.339 e. The Balaban J connectivity index is 1.62. The van der Waals surface area contributed by atoms with Gasteiger partial charge in [0, 0.05) is 11.1 Å². The Hall–Kier alpha value is -2.67. The van der Waals surface area contributed by atoms with Crippen LogP contribution in [0.25, 0.3) is 11.4 Å². The number of thioether (sulfide) groups is 1. The number of nitrogens with zero attached hydrogens (tertiary/aromatic N) is 2. The number of hydrogen-bond acceptors (Lipinski definition) is 3. The summed E-state index contributed by atoms with van der Waals surface area (Å²) in [5.74, 6) is -0.498. The Morgan fingerprint density at radius 1 is 1.12 bits per heavy atom. The first-order valence-corrected chi connectivity index (χ1v) is 9.12. The van der Waals surface area contributed by atoms with Crippen molar-refractivity contribution in [2.24, 2.45) is 0 Å². The van der Waals surface area contributed by atoms with Crippen LogP contribution in [-0.2, 0) is 11.3 Å². The molecule has 132 valence electrons. The number of carbonyl (C=O) groups excluding carboxylic acids is 1. The zero-order valence-electron chi connectivity index (χ0n) is 13.7. The van der Waals surface area contributed by atoms with E-state index in [4.69, 9.17) is 0 Å². The molecule has 4 rings (SSSR count). The summed E-state index contributed by atoms with van der Waals surface area (Å²) in [5.41, 5.74) is 1.56. The van der Waals surface area contributed by atoms with Crippen LogP contribution in [0.5, 0.6) is 0 Å². The van der Waals surface area contributed by atoms with Crippen molar-refractivity contribution in [1.82, 2.24) is 14.9 Å². The second-order valence-corrected chi connectivity index (χ2v) is 7.01. The molecule has 7 heteroatoms. The third kappa shape index (κ3) is 3.10. The van der Waals surface area contributed by atoms with Crippen molar-refractivity contribution >= 4 is 17.7 Å². The summed E-state index contributed by atoms with van der Waals surface area (Å²) in [7, 11) is 0. The van der Waals surface area contributed by atoms with E-state index in [1.54, 1.807) is 6.20 Å². The number of H-pyrrole nitrogens is 1. The fraction of sp³-hybridized carbons (Fsp3) is 0.158. The molecule has 0 aliphatic carbocycles. The highest BCUT2D eigenvalue weighted by molar-refractivity contribution is 8.00. The Labute approximate surface area is 153 Å². The third-order valence-corrected chi connectivity index (χ3v) is 5.50. The van der Waals surface area contributed by atoms with Crippen molar-refractivity contribution in [3.8, 4) is 11.4 Å². The summed E-state index contributed by atoms with van der Waals surface area (Å²) in [6.45, 7) is -0.116. The molecule has 3 aromatic rings. The minimum absolute atomic E-state index is 0.101. The summed E-state index contributed by atoms with van der Waals surface area (Å²) in [6.07, 6.45) is 1.67. The minimum atomic E-state index is -0.650. The number of aromatic amines is 1. The van der Waals surface area contributed by atoms with E-state index in [2.05, 4.69) is 9.97 Å². The second kappa shape index (κ2) is 6.92. The van der Waals surface area contributed by atoms with E-state index in [9.17, 15) is 13.6 Å². The molecule has 1 fully saturated rings. The molecule has 1 amide bonds. The maximum atomic E-state index is 14.0. The van der Waals surface area contributed by atoms with Gasteiger partial charge in [-0.2, -0.15) is 0 Å². The van der Waals surface area contributed by atoms with Crippen LogP contribution in [-0.4, -0.2) is 26.5 Å². The SMILES string of the molecule is O=C1CSC(c2cnc(-c3ccccc3)[nH]2)N1Cc1c(F)cccc1F. The van der Waals surface area contributed by atoms with E-state index in [0.29, 0.717) is 5.82 Å². The van der Waals surface area contributed by atoms with Gasteiger partial charge in [0.2, 0.25) is 5.91 Å². The zero-order valence-corrected chi connectivity index (χ0v) is 14.5. The highest BCUT2D eigenvalue weighted by Crippen LogP contribution is 2.39. The molecule has 1 saturated heterocycles. The predicted octanol–water partition coefficient (Wildman–Crippen LogP) is 4.13. The van der Waals surface area contributed by atoms with Crippen molar-refractivity contribution in [3.05, 3.63) is 77.6 Å². The summed E-state index contributed by atoms with van der Waals surface area (Å²) >= 11 is 1.41. The maximum Gasteiger partial charge on any atom is 0.234 e. The van der Waals surface area contributed by atoms with Gasteiger partial charge in [-0.05, 0) is 12.1 Å². The smallest absolute Gasteiger partial charge is 0.234 e. The second-order valence-electron chi connectivity index (χ2n) is 5.94. The van der Waals surface area contributed by atoms with E-state index >= 15 is 0 Å². The first kappa shape index (κ1) is 16.8. The van der Waals surface area contributed by atoms with E-state index in [1.165, 1.54) is 34.9 Å². The number of amides is 1. The fourth-order valence-electron chi connectivity index (χ4n) is 2.94. The standard InChI is InChI=1S/C19H15F2N3OS/c20-14-7-4-8-15(21)13(14)10-24-17(25)11-26-19(24)16-9-22-18(23-16)12-5-2-1-3-6-12/h1-9,19H,10-11H2,(H,22,23). The Morgan fingerprint density at radius 3 is 2.58 bits per heavy atom. The normalized spacial score (nSPS) is 17.1. The number of benzene rings is 2. The van der Waals surface area contributed by atoms with E-state index in [-0.39, 0.29) is 29.1 Å². The molecular weight excluding hydrogens is 356 g/mol. The lowest BCUT2D eigenvalue weighted by atomic mass is 10.1. The average Bonchev–Trinajstić information content (AvgIpc) is 3.26. The van der Waals surface area contributed by atoms with Crippen molar-refractivity contribution in [2.75, 3.05) is 5.75 Å². The van der Waals surface area contributed by atoms with Crippen LogP contribution < -0.4 is 0 Å². The molecular formula is C19H15F2N3OS. The summed E-state index contributed by atoms with van der Waals surface area (Å²) in [5, 5.41) is -0.355. The molecule has 0 spiro atoms. The average molecular weight is 371 g/mol. The van der Waals surface area contributed by atoms with Crippen molar-refractivity contribution < 1.29 is 13.6 Å². The highest BCUT2D eigenvalue weighted by Gasteiger charge is 2.35. The lowest BCUT2D eigenvalue weighted by molar-refractivity contribution is -0.128. The van der Waals surface area contributed by atoms with Crippen LogP contribution in [0.2, 0.25) is 0 Å². The molecule has 2 heterocycles. The van der Waals surface area contributed by atoms with Crippen LogP contribution in [0.3, 0.4) is 0 Å².